The van der Waals surface area contributed by atoms with Gasteiger partial charge in [-0.1, -0.05) is 18.2 Å². The second kappa shape index (κ2) is 4.09. The summed E-state index contributed by atoms with van der Waals surface area (Å²) in [4.78, 5) is 10.5. The minimum Gasteiger partial charge on any atom is -0.464 e. The Balaban J connectivity index is 1.70. The van der Waals surface area contributed by atoms with E-state index in [-0.39, 0.29) is 10.6 Å². The summed E-state index contributed by atoms with van der Waals surface area (Å²) in [6.45, 7) is 0. The lowest BCUT2D eigenvalue weighted by molar-refractivity contribution is -0.384. The van der Waals surface area contributed by atoms with Gasteiger partial charge in [-0.15, -0.1) is 0 Å². The standard InChI is InChI=1S/C16H12N2O3/c19-18(20)13-6-5-12-10-16(17-14(12)9-13)8-7-11-3-1-2-4-15(11)21-16/h1-9,17H,10H2. The van der Waals surface area contributed by atoms with Crippen molar-refractivity contribution in [1.29, 1.82) is 0 Å². The van der Waals surface area contributed by atoms with Gasteiger partial charge in [-0.25, -0.2) is 0 Å². The zero-order valence-electron chi connectivity index (χ0n) is 11.1. The number of hydrogen-bond acceptors (Lipinski definition) is 4. The van der Waals surface area contributed by atoms with Gasteiger partial charge in [0.2, 0.25) is 5.72 Å². The first kappa shape index (κ1) is 12.0. The van der Waals surface area contributed by atoms with Crippen molar-refractivity contribution in [2.45, 2.75) is 12.1 Å². The number of fused-ring (bicyclic) bond motifs is 2. The van der Waals surface area contributed by atoms with Crippen molar-refractivity contribution in [3.63, 3.8) is 0 Å². The number of non-ortho nitro benzene ring substituents is 1. The summed E-state index contributed by atoms with van der Waals surface area (Å²) >= 11 is 0. The molecule has 2 aromatic rings. The first-order valence-corrected chi connectivity index (χ1v) is 6.68. The Labute approximate surface area is 121 Å². The second-order valence-corrected chi connectivity index (χ2v) is 5.26. The minimum atomic E-state index is -0.647. The maximum atomic E-state index is 10.9. The number of hydrogen-bond donors (Lipinski definition) is 1. The highest BCUT2D eigenvalue weighted by Gasteiger charge is 2.39. The van der Waals surface area contributed by atoms with Gasteiger partial charge < -0.3 is 10.1 Å². The van der Waals surface area contributed by atoms with Crippen LogP contribution < -0.4 is 10.1 Å². The number of rotatable bonds is 1. The third-order valence-electron chi connectivity index (χ3n) is 3.85. The van der Waals surface area contributed by atoms with E-state index in [1.165, 1.54) is 6.07 Å². The van der Waals surface area contributed by atoms with E-state index < -0.39 is 5.72 Å². The summed E-state index contributed by atoms with van der Waals surface area (Å²) in [7, 11) is 0. The molecule has 1 N–H and O–H groups in total. The fourth-order valence-corrected chi connectivity index (χ4v) is 2.83. The molecule has 21 heavy (non-hydrogen) atoms. The summed E-state index contributed by atoms with van der Waals surface area (Å²) in [5.41, 5.74) is 2.24. The highest BCUT2D eigenvalue weighted by atomic mass is 16.6. The highest BCUT2D eigenvalue weighted by Crippen LogP contribution is 2.40. The number of benzene rings is 2. The fourth-order valence-electron chi connectivity index (χ4n) is 2.83. The van der Waals surface area contributed by atoms with Crippen molar-refractivity contribution in [3.05, 3.63) is 69.8 Å². The smallest absolute Gasteiger partial charge is 0.271 e. The number of anilines is 1. The van der Waals surface area contributed by atoms with Crippen LogP contribution in [-0.4, -0.2) is 10.6 Å². The molecule has 0 saturated heterocycles. The molecule has 5 nitrogen and oxygen atoms in total. The molecule has 2 heterocycles. The van der Waals surface area contributed by atoms with Gasteiger partial charge in [0.1, 0.15) is 5.75 Å². The van der Waals surface area contributed by atoms with Gasteiger partial charge in [-0.3, -0.25) is 10.1 Å². The molecule has 5 heteroatoms. The zero-order valence-corrected chi connectivity index (χ0v) is 11.1. The molecule has 0 radical (unpaired) electrons. The van der Waals surface area contributed by atoms with Gasteiger partial charge in [0.15, 0.2) is 0 Å². The largest absolute Gasteiger partial charge is 0.464 e. The zero-order chi connectivity index (χ0) is 14.4. The summed E-state index contributed by atoms with van der Waals surface area (Å²) in [5, 5.41) is 14.1. The predicted molar refractivity (Wildman–Crippen MR) is 79.3 cm³/mol. The molecule has 2 aliphatic rings. The maximum Gasteiger partial charge on any atom is 0.271 e. The van der Waals surface area contributed by atoms with E-state index in [0.717, 1.165) is 22.6 Å². The molecule has 104 valence electrons. The van der Waals surface area contributed by atoms with Gasteiger partial charge >= 0.3 is 0 Å². The van der Waals surface area contributed by atoms with Crippen LogP contribution in [0.15, 0.2) is 48.5 Å². The van der Waals surface area contributed by atoms with Crippen LogP contribution in [0.2, 0.25) is 0 Å². The van der Waals surface area contributed by atoms with Crippen molar-refractivity contribution >= 4 is 17.5 Å². The van der Waals surface area contributed by atoms with Crippen molar-refractivity contribution in [2.75, 3.05) is 5.32 Å². The lowest BCUT2D eigenvalue weighted by Gasteiger charge is -2.31. The van der Waals surface area contributed by atoms with Crippen molar-refractivity contribution in [2.24, 2.45) is 0 Å². The third-order valence-corrected chi connectivity index (χ3v) is 3.85. The Morgan fingerprint density at radius 3 is 2.95 bits per heavy atom. The molecule has 0 bridgehead atoms. The van der Waals surface area contributed by atoms with E-state index in [4.69, 9.17) is 4.74 Å². The lowest BCUT2D eigenvalue weighted by atomic mass is 10.0. The Morgan fingerprint density at radius 1 is 1.24 bits per heavy atom. The molecular formula is C16H12N2O3. The second-order valence-electron chi connectivity index (χ2n) is 5.26. The molecule has 0 fully saturated rings. The van der Waals surface area contributed by atoms with Gasteiger partial charge in [0, 0.05) is 29.8 Å². The maximum absolute atomic E-state index is 10.9. The van der Waals surface area contributed by atoms with Crippen LogP contribution in [0, 0.1) is 10.1 Å². The van der Waals surface area contributed by atoms with E-state index in [0.29, 0.717) is 6.42 Å². The minimum absolute atomic E-state index is 0.0819. The van der Waals surface area contributed by atoms with Crippen LogP contribution in [0.5, 0.6) is 5.75 Å². The van der Waals surface area contributed by atoms with Gasteiger partial charge in [0.25, 0.3) is 5.69 Å². The van der Waals surface area contributed by atoms with Crippen molar-refractivity contribution < 1.29 is 9.66 Å². The van der Waals surface area contributed by atoms with Crippen molar-refractivity contribution in [3.8, 4) is 5.75 Å². The number of nitro groups is 1. The quantitative estimate of drug-likeness (QED) is 0.642. The topological polar surface area (TPSA) is 64.4 Å². The molecule has 1 spiro atoms. The molecule has 1 unspecified atom stereocenters. The third kappa shape index (κ3) is 1.86. The number of para-hydroxylation sites is 1. The summed E-state index contributed by atoms with van der Waals surface area (Å²) in [6.07, 6.45) is 4.64. The molecule has 2 aliphatic heterocycles. The van der Waals surface area contributed by atoms with E-state index in [1.807, 2.05) is 36.4 Å². The molecule has 4 rings (SSSR count). The Bertz CT molecular complexity index is 785. The first-order chi connectivity index (χ1) is 10.2. The van der Waals surface area contributed by atoms with Crippen LogP contribution in [-0.2, 0) is 6.42 Å². The first-order valence-electron chi connectivity index (χ1n) is 6.68. The molecule has 2 aromatic carbocycles. The highest BCUT2D eigenvalue weighted by molar-refractivity contribution is 5.68. The SMILES string of the molecule is O=[N+]([O-])c1ccc2c(c1)NC1(C=Cc3ccccc3O1)C2. The lowest BCUT2D eigenvalue weighted by Crippen LogP contribution is -2.41. The number of ether oxygens (including phenoxy) is 1. The summed E-state index contributed by atoms with van der Waals surface area (Å²) in [5.74, 6) is 0.815. The average Bonchev–Trinajstić information content (AvgIpc) is 2.83. The van der Waals surface area contributed by atoms with E-state index in [1.54, 1.807) is 12.1 Å². The van der Waals surface area contributed by atoms with E-state index in [9.17, 15) is 10.1 Å². The van der Waals surface area contributed by atoms with Gasteiger partial charge in [0.05, 0.1) is 4.92 Å². The molecule has 0 amide bonds. The van der Waals surface area contributed by atoms with Crippen molar-refractivity contribution in [1.82, 2.24) is 0 Å². The number of nitro benzene ring substituents is 1. The Kier molecular flexibility index (Phi) is 2.33. The van der Waals surface area contributed by atoms with E-state index in [2.05, 4.69) is 5.32 Å². The number of nitrogens with one attached hydrogen (secondary N) is 1. The van der Waals surface area contributed by atoms with Gasteiger partial charge in [-0.05, 0) is 29.8 Å². The van der Waals surface area contributed by atoms with Crippen LogP contribution in [0.25, 0.3) is 6.08 Å². The molecule has 0 saturated carbocycles. The van der Waals surface area contributed by atoms with Gasteiger partial charge in [-0.2, -0.15) is 0 Å². The molecule has 0 aliphatic carbocycles. The predicted octanol–water partition coefficient (Wildman–Crippen LogP) is 3.36. The van der Waals surface area contributed by atoms with Crippen LogP contribution in [0.3, 0.4) is 0 Å². The van der Waals surface area contributed by atoms with E-state index >= 15 is 0 Å². The normalized spacial score (nSPS) is 21.3. The van der Waals surface area contributed by atoms with Crippen LogP contribution in [0.4, 0.5) is 11.4 Å². The summed E-state index contributed by atoms with van der Waals surface area (Å²) < 4.78 is 6.10. The Morgan fingerprint density at radius 2 is 2.10 bits per heavy atom. The Hall–Kier alpha value is -2.82. The molecular weight excluding hydrogens is 268 g/mol. The average molecular weight is 280 g/mol. The summed E-state index contributed by atoms with van der Waals surface area (Å²) in [6, 6.07) is 12.7. The molecule has 0 aromatic heterocycles. The van der Waals surface area contributed by atoms with Crippen LogP contribution in [0.1, 0.15) is 11.1 Å². The number of nitrogens with zero attached hydrogens (tertiary/aromatic N) is 1. The molecule has 1 atom stereocenters. The van der Waals surface area contributed by atoms with Crippen LogP contribution >= 0.6 is 0 Å². The monoisotopic (exact) mass is 280 g/mol. The fraction of sp³-hybridized carbons (Fsp3) is 0.125.